The Morgan fingerprint density at radius 3 is 2.00 bits per heavy atom. The van der Waals surface area contributed by atoms with Crippen molar-refractivity contribution in [2.75, 3.05) is 13.7 Å². The fourth-order valence-electron chi connectivity index (χ4n) is 0.367. The molecule has 0 radical (unpaired) electrons. The van der Waals surface area contributed by atoms with Crippen LogP contribution in [0.1, 0.15) is 28.7 Å². The number of ketones is 1. The molecule has 0 bridgehead atoms. The molecule has 0 saturated heterocycles. The standard InChI is InChI=1S/C6H12O2.2CH4/c1-5(4-8-3)6(2)7;;/h5H,4H2,1-3H3;2*1H4. The van der Waals surface area contributed by atoms with Crippen LogP contribution in [0.3, 0.4) is 0 Å². The first kappa shape index (κ1) is 16.3. The molecular formula is C8H20O2. The van der Waals surface area contributed by atoms with E-state index >= 15 is 0 Å². The number of carbonyl (C=O) groups excluding carboxylic acids is 1. The van der Waals surface area contributed by atoms with Crippen LogP contribution in [0.15, 0.2) is 0 Å². The van der Waals surface area contributed by atoms with Gasteiger partial charge < -0.3 is 4.74 Å². The Morgan fingerprint density at radius 2 is 1.90 bits per heavy atom. The Labute approximate surface area is 64.6 Å². The lowest BCUT2D eigenvalue weighted by Crippen LogP contribution is -2.11. The fraction of sp³-hybridized carbons (Fsp3) is 0.875. The highest BCUT2D eigenvalue weighted by atomic mass is 16.5. The van der Waals surface area contributed by atoms with Gasteiger partial charge in [-0.2, -0.15) is 0 Å². The summed E-state index contributed by atoms with van der Waals surface area (Å²) in [5, 5.41) is 0. The van der Waals surface area contributed by atoms with Gasteiger partial charge in [-0.25, -0.2) is 0 Å². The van der Waals surface area contributed by atoms with Crippen LogP contribution in [-0.2, 0) is 9.53 Å². The highest BCUT2D eigenvalue weighted by Crippen LogP contribution is 1.94. The van der Waals surface area contributed by atoms with Crippen LogP contribution in [0.2, 0.25) is 0 Å². The largest absolute Gasteiger partial charge is 0.384 e. The molecule has 10 heavy (non-hydrogen) atoms. The monoisotopic (exact) mass is 148 g/mol. The molecular weight excluding hydrogens is 128 g/mol. The number of hydrogen-bond acceptors (Lipinski definition) is 2. The van der Waals surface area contributed by atoms with Crippen LogP contribution < -0.4 is 0 Å². The van der Waals surface area contributed by atoms with Crippen LogP contribution in [0.5, 0.6) is 0 Å². The summed E-state index contributed by atoms with van der Waals surface area (Å²) < 4.78 is 4.74. The Balaban J connectivity index is -0.000000245. The molecule has 1 unspecified atom stereocenters. The van der Waals surface area contributed by atoms with E-state index < -0.39 is 0 Å². The van der Waals surface area contributed by atoms with Crippen LogP contribution >= 0.6 is 0 Å². The Bertz CT molecular complexity index is 79.3. The van der Waals surface area contributed by atoms with Gasteiger partial charge in [-0.05, 0) is 6.92 Å². The lowest BCUT2D eigenvalue weighted by Gasteiger charge is -2.02. The van der Waals surface area contributed by atoms with Gasteiger partial charge in [0.2, 0.25) is 0 Å². The molecule has 0 rings (SSSR count). The number of Topliss-reactive ketones (excluding diaryl/α,β-unsaturated/α-hetero) is 1. The van der Waals surface area contributed by atoms with Crippen LogP contribution in [0.4, 0.5) is 0 Å². The van der Waals surface area contributed by atoms with Crippen molar-refractivity contribution < 1.29 is 9.53 Å². The second kappa shape index (κ2) is 8.63. The first-order chi connectivity index (χ1) is 3.68. The third-order valence-electron chi connectivity index (χ3n) is 1.11. The van der Waals surface area contributed by atoms with Crippen molar-refractivity contribution in [1.29, 1.82) is 0 Å². The summed E-state index contributed by atoms with van der Waals surface area (Å²) in [6.45, 7) is 3.96. The zero-order chi connectivity index (χ0) is 6.57. The molecule has 0 aromatic carbocycles. The third kappa shape index (κ3) is 7.63. The first-order valence-corrected chi connectivity index (χ1v) is 2.68. The maximum Gasteiger partial charge on any atom is 0.134 e. The molecule has 0 N–H and O–H groups in total. The van der Waals surface area contributed by atoms with Crippen molar-refractivity contribution in [1.82, 2.24) is 0 Å². The second-order valence-corrected chi connectivity index (χ2v) is 1.97. The smallest absolute Gasteiger partial charge is 0.134 e. The van der Waals surface area contributed by atoms with Crippen LogP contribution in [0, 0.1) is 5.92 Å². The van der Waals surface area contributed by atoms with Gasteiger partial charge in [0.25, 0.3) is 0 Å². The van der Waals surface area contributed by atoms with Crippen molar-refractivity contribution >= 4 is 5.78 Å². The SMILES string of the molecule is C.C.COCC(C)C(C)=O. The van der Waals surface area contributed by atoms with Crippen molar-refractivity contribution in [3.63, 3.8) is 0 Å². The molecule has 0 aliphatic carbocycles. The summed E-state index contributed by atoms with van der Waals surface area (Å²) in [4.78, 5) is 10.5. The highest BCUT2D eigenvalue weighted by molar-refractivity contribution is 5.77. The van der Waals surface area contributed by atoms with Crippen molar-refractivity contribution in [3.05, 3.63) is 0 Å². The molecule has 64 valence electrons. The van der Waals surface area contributed by atoms with Crippen LogP contribution in [0.25, 0.3) is 0 Å². The van der Waals surface area contributed by atoms with Gasteiger partial charge in [0.05, 0.1) is 6.61 Å². The summed E-state index contributed by atoms with van der Waals surface area (Å²) >= 11 is 0. The minimum absolute atomic E-state index is 0. The molecule has 0 heterocycles. The first-order valence-electron chi connectivity index (χ1n) is 2.68. The Kier molecular flexibility index (Phi) is 14.1. The maximum atomic E-state index is 10.5. The molecule has 2 nitrogen and oxygen atoms in total. The van der Waals surface area contributed by atoms with Crippen molar-refractivity contribution in [3.8, 4) is 0 Å². The third-order valence-corrected chi connectivity index (χ3v) is 1.11. The maximum absolute atomic E-state index is 10.5. The summed E-state index contributed by atoms with van der Waals surface area (Å²) in [5.41, 5.74) is 0. The average Bonchev–Trinajstić information content (AvgIpc) is 1.67. The predicted molar refractivity (Wildman–Crippen MR) is 45.2 cm³/mol. The summed E-state index contributed by atoms with van der Waals surface area (Å²) in [6.07, 6.45) is 0. The minimum Gasteiger partial charge on any atom is -0.384 e. The van der Waals surface area contributed by atoms with Gasteiger partial charge >= 0.3 is 0 Å². The number of rotatable bonds is 3. The highest BCUT2D eigenvalue weighted by Gasteiger charge is 2.04. The van der Waals surface area contributed by atoms with Gasteiger partial charge in [-0.15, -0.1) is 0 Å². The summed E-state index contributed by atoms with van der Waals surface area (Å²) in [6, 6.07) is 0. The number of carbonyl (C=O) groups is 1. The normalized spacial score (nSPS) is 10.7. The fourth-order valence-corrected chi connectivity index (χ4v) is 0.367. The lowest BCUT2D eigenvalue weighted by atomic mass is 10.1. The molecule has 0 spiro atoms. The van der Waals surface area contributed by atoms with Gasteiger partial charge in [0.1, 0.15) is 5.78 Å². The van der Waals surface area contributed by atoms with Gasteiger partial charge in [0, 0.05) is 13.0 Å². The van der Waals surface area contributed by atoms with E-state index in [1.807, 2.05) is 6.92 Å². The molecule has 0 aliphatic heterocycles. The molecule has 0 aromatic rings. The Hall–Kier alpha value is -0.370. The Morgan fingerprint density at radius 1 is 1.50 bits per heavy atom. The van der Waals surface area contributed by atoms with Gasteiger partial charge in [-0.3, -0.25) is 4.79 Å². The summed E-state index contributed by atoms with van der Waals surface area (Å²) in [5.74, 6) is 0.242. The number of methoxy groups -OCH3 is 1. The number of ether oxygens (including phenoxy) is 1. The topological polar surface area (TPSA) is 26.3 Å². The van der Waals surface area contributed by atoms with E-state index in [1.165, 1.54) is 0 Å². The van der Waals surface area contributed by atoms with Gasteiger partial charge in [0.15, 0.2) is 0 Å². The lowest BCUT2D eigenvalue weighted by molar-refractivity contribution is -0.121. The molecule has 2 heteroatoms. The predicted octanol–water partition coefficient (Wildman–Crippen LogP) is 2.13. The molecule has 0 aliphatic rings. The van der Waals surface area contributed by atoms with E-state index in [0.717, 1.165) is 0 Å². The zero-order valence-electron chi connectivity index (χ0n) is 5.60. The molecule has 0 amide bonds. The van der Waals surface area contributed by atoms with Gasteiger partial charge in [-0.1, -0.05) is 21.8 Å². The molecule has 1 atom stereocenters. The van der Waals surface area contributed by atoms with E-state index in [2.05, 4.69) is 0 Å². The van der Waals surface area contributed by atoms with Crippen molar-refractivity contribution in [2.24, 2.45) is 5.92 Å². The molecule has 0 aromatic heterocycles. The van der Waals surface area contributed by atoms with E-state index in [9.17, 15) is 4.79 Å². The zero-order valence-corrected chi connectivity index (χ0v) is 5.60. The molecule has 0 saturated carbocycles. The minimum atomic E-state index is 0. The average molecular weight is 148 g/mol. The van der Waals surface area contributed by atoms with E-state index in [0.29, 0.717) is 6.61 Å². The van der Waals surface area contributed by atoms with E-state index in [1.54, 1.807) is 14.0 Å². The number of hydrogen-bond donors (Lipinski definition) is 0. The van der Waals surface area contributed by atoms with E-state index in [-0.39, 0.29) is 26.6 Å². The summed E-state index contributed by atoms with van der Waals surface area (Å²) in [7, 11) is 1.60. The van der Waals surface area contributed by atoms with E-state index in [4.69, 9.17) is 4.74 Å². The van der Waals surface area contributed by atoms with Crippen molar-refractivity contribution in [2.45, 2.75) is 28.7 Å². The second-order valence-electron chi connectivity index (χ2n) is 1.97. The van der Waals surface area contributed by atoms with Crippen LogP contribution in [-0.4, -0.2) is 19.5 Å². The molecule has 0 fully saturated rings. The quantitative estimate of drug-likeness (QED) is 0.613.